The number of halogens is 3. The summed E-state index contributed by atoms with van der Waals surface area (Å²) in [6.07, 6.45) is -5.56. The highest BCUT2D eigenvalue weighted by Gasteiger charge is 2.36. The van der Waals surface area contributed by atoms with Crippen LogP contribution in [0.4, 0.5) is 18.0 Å². The van der Waals surface area contributed by atoms with Gasteiger partial charge in [0, 0.05) is 6.54 Å². The van der Waals surface area contributed by atoms with Gasteiger partial charge in [0.05, 0.1) is 0 Å². The quantitative estimate of drug-likeness (QED) is 0.793. The predicted molar refractivity (Wildman–Crippen MR) is 52.9 cm³/mol. The molecule has 0 aromatic heterocycles. The first-order chi connectivity index (χ1) is 7.02. The number of alkyl halides is 3. The van der Waals surface area contributed by atoms with Crippen molar-refractivity contribution in [2.75, 3.05) is 6.54 Å². The lowest BCUT2D eigenvalue weighted by Crippen LogP contribution is -2.41. The van der Waals surface area contributed by atoms with Crippen LogP contribution in [0.5, 0.6) is 0 Å². The number of ether oxygens (including phenoxy) is 1. The van der Waals surface area contributed by atoms with E-state index < -0.39 is 23.9 Å². The van der Waals surface area contributed by atoms with E-state index in [2.05, 4.69) is 5.32 Å². The molecular weight excluding hydrogens is 225 g/mol. The maximum absolute atomic E-state index is 12.0. The Morgan fingerprint density at radius 1 is 1.38 bits per heavy atom. The molecule has 0 heterocycles. The summed E-state index contributed by atoms with van der Waals surface area (Å²) >= 11 is 0. The molecule has 0 saturated heterocycles. The molecule has 0 fully saturated rings. The van der Waals surface area contributed by atoms with Crippen LogP contribution in [-0.2, 0) is 4.74 Å². The number of carbonyl (C=O) groups excluding carboxylic acids is 1. The zero-order valence-electron chi connectivity index (χ0n) is 9.52. The van der Waals surface area contributed by atoms with E-state index in [-0.39, 0.29) is 13.0 Å². The lowest BCUT2D eigenvalue weighted by molar-refractivity contribution is -0.148. The van der Waals surface area contributed by atoms with Crippen LogP contribution in [0.3, 0.4) is 0 Å². The maximum Gasteiger partial charge on any atom is 0.407 e. The molecule has 0 saturated carbocycles. The van der Waals surface area contributed by atoms with Crippen molar-refractivity contribution in [3.63, 3.8) is 0 Å². The molecule has 0 bridgehead atoms. The summed E-state index contributed by atoms with van der Waals surface area (Å²) in [5.41, 5.74) is 4.18. The predicted octanol–water partition coefficient (Wildman–Crippen LogP) is 1.79. The van der Waals surface area contributed by atoms with Gasteiger partial charge in [0.15, 0.2) is 0 Å². The Bertz CT molecular complexity index is 236. The van der Waals surface area contributed by atoms with Crippen molar-refractivity contribution in [1.29, 1.82) is 0 Å². The molecule has 0 spiro atoms. The first-order valence-electron chi connectivity index (χ1n) is 4.81. The molecule has 0 radical (unpaired) electrons. The number of hydrogen-bond donors (Lipinski definition) is 2. The molecule has 1 atom stereocenters. The monoisotopic (exact) mass is 242 g/mol. The molecule has 0 aromatic carbocycles. The van der Waals surface area contributed by atoms with Crippen LogP contribution in [0.25, 0.3) is 0 Å². The average Bonchev–Trinajstić information content (AvgIpc) is 1.98. The zero-order chi connectivity index (χ0) is 13.0. The molecule has 3 N–H and O–H groups in total. The highest BCUT2D eigenvalue weighted by Crippen LogP contribution is 2.20. The number of amides is 1. The Hall–Kier alpha value is -0.980. The third-order valence-electron chi connectivity index (χ3n) is 1.54. The summed E-state index contributed by atoms with van der Waals surface area (Å²) in [6.45, 7) is 4.81. The van der Waals surface area contributed by atoms with Crippen LogP contribution in [0.15, 0.2) is 0 Å². The Morgan fingerprint density at radius 2 is 1.88 bits per heavy atom. The van der Waals surface area contributed by atoms with Gasteiger partial charge in [0.2, 0.25) is 0 Å². The molecule has 0 aromatic rings. The summed E-state index contributed by atoms with van der Waals surface area (Å²) in [5.74, 6) is 0. The van der Waals surface area contributed by atoms with Gasteiger partial charge >= 0.3 is 12.3 Å². The largest absolute Gasteiger partial charge is 0.444 e. The Morgan fingerprint density at radius 3 is 2.25 bits per heavy atom. The third-order valence-corrected chi connectivity index (χ3v) is 1.54. The second-order valence-electron chi connectivity index (χ2n) is 4.37. The third kappa shape index (κ3) is 7.33. The van der Waals surface area contributed by atoms with Crippen LogP contribution in [0.2, 0.25) is 0 Å². The molecule has 96 valence electrons. The normalized spacial score (nSPS) is 14.4. The van der Waals surface area contributed by atoms with Crippen molar-refractivity contribution in [3.8, 4) is 0 Å². The van der Waals surface area contributed by atoms with Crippen molar-refractivity contribution in [3.05, 3.63) is 0 Å². The van der Waals surface area contributed by atoms with Crippen LogP contribution >= 0.6 is 0 Å². The Kier molecular flexibility index (Phi) is 5.05. The van der Waals surface area contributed by atoms with E-state index in [4.69, 9.17) is 10.5 Å². The van der Waals surface area contributed by atoms with E-state index in [1.165, 1.54) is 0 Å². The van der Waals surface area contributed by atoms with Crippen LogP contribution in [0, 0.1) is 0 Å². The van der Waals surface area contributed by atoms with E-state index in [0.29, 0.717) is 0 Å². The van der Waals surface area contributed by atoms with Gasteiger partial charge in [-0.1, -0.05) is 0 Å². The topological polar surface area (TPSA) is 64.3 Å². The first-order valence-corrected chi connectivity index (χ1v) is 4.81. The minimum Gasteiger partial charge on any atom is -0.444 e. The second kappa shape index (κ2) is 5.38. The van der Waals surface area contributed by atoms with Crippen LogP contribution in [-0.4, -0.2) is 30.5 Å². The van der Waals surface area contributed by atoms with E-state index >= 15 is 0 Å². The van der Waals surface area contributed by atoms with Gasteiger partial charge in [-0.25, -0.2) is 4.79 Å². The fourth-order valence-corrected chi connectivity index (χ4v) is 0.808. The van der Waals surface area contributed by atoms with Crippen molar-refractivity contribution >= 4 is 6.09 Å². The smallest absolute Gasteiger partial charge is 0.407 e. The summed E-state index contributed by atoms with van der Waals surface area (Å²) in [4.78, 5) is 11.0. The summed E-state index contributed by atoms with van der Waals surface area (Å²) < 4.78 is 40.8. The van der Waals surface area contributed by atoms with Gasteiger partial charge in [0.1, 0.15) is 11.6 Å². The molecular formula is C9H17F3N2O2. The minimum absolute atomic E-state index is 0.171. The molecule has 0 aliphatic carbocycles. The zero-order valence-corrected chi connectivity index (χ0v) is 9.52. The molecule has 0 aliphatic rings. The summed E-state index contributed by atoms with van der Waals surface area (Å²) in [5, 5.41) is 2.20. The van der Waals surface area contributed by atoms with Gasteiger partial charge in [-0.3, -0.25) is 0 Å². The van der Waals surface area contributed by atoms with Gasteiger partial charge in [-0.05, 0) is 27.2 Å². The molecule has 16 heavy (non-hydrogen) atoms. The fraction of sp³-hybridized carbons (Fsp3) is 0.889. The number of rotatable bonds is 3. The molecule has 0 aliphatic heterocycles. The van der Waals surface area contributed by atoms with E-state index in [1.54, 1.807) is 20.8 Å². The number of alkyl carbamates (subject to hydrolysis) is 1. The number of nitrogens with two attached hydrogens (primary N) is 1. The lowest BCUT2D eigenvalue weighted by atomic mass is 10.2. The standard InChI is InChI=1S/C9H17F3N2O2/c1-8(2,3)16-7(15)14-5-4-6(13)9(10,11)12/h6H,4-5,13H2,1-3H3,(H,14,15)/t6-/m1/s1. The average molecular weight is 242 g/mol. The van der Waals surface area contributed by atoms with Crippen molar-refractivity contribution in [1.82, 2.24) is 5.32 Å². The van der Waals surface area contributed by atoms with Crippen LogP contribution in [0.1, 0.15) is 27.2 Å². The van der Waals surface area contributed by atoms with E-state index in [9.17, 15) is 18.0 Å². The second-order valence-corrected chi connectivity index (χ2v) is 4.37. The molecule has 4 nitrogen and oxygen atoms in total. The van der Waals surface area contributed by atoms with Crippen molar-refractivity contribution in [2.45, 2.75) is 45.0 Å². The van der Waals surface area contributed by atoms with Crippen molar-refractivity contribution in [2.24, 2.45) is 5.73 Å². The number of carbonyl (C=O) groups is 1. The molecule has 7 heteroatoms. The Labute approximate surface area is 92.3 Å². The SMILES string of the molecule is CC(C)(C)OC(=O)NCC[C@@H](N)C(F)(F)F. The van der Waals surface area contributed by atoms with Crippen LogP contribution < -0.4 is 11.1 Å². The number of hydrogen-bond acceptors (Lipinski definition) is 3. The van der Waals surface area contributed by atoms with Gasteiger partial charge in [0.25, 0.3) is 0 Å². The molecule has 1 amide bonds. The highest BCUT2D eigenvalue weighted by atomic mass is 19.4. The molecule has 0 rings (SSSR count). The highest BCUT2D eigenvalue weighted by molar-refractivity contribution is 5.67. The van der Waals surface area contributed by atoms with Gasteiger partial charge in [-0.2, -0.15) is 13.2 Å². The van der Waals surface area contributed by atoms with Gasteiger partial charge < -0.3 is 15.8 Å². The number of nitrogens with one attached hydrogen (secondary N) is 1. The van der Waals surface area contributed by atoms with E-state index in [0.717, 1.165) is 0 Å². The maximum atomic E-state index is 12.0. The fourth-order valence-electron chi connectivity index (χ4n) is 0.808. The minimum atomic E-state index is -4.43. The Balaban J connectivity index is 3.79. The van der Waals surface area contributed by atoms with Gasteiger partial charge in [-0.15, -0.1) is 0 Å². The van der Waals surface area contributed by atoms with Crippen molar-refractivity contribution < 1.29 is 22.7 Å². The lowest BCUT2D eigenvalue weighted by Gasteiger charge is -2.20. The summed E-state index contributed by atoms with van der Waals surface area (Å²) in [7, 11) is 0. The summed E-state index contributed by atoms with van der Waals surface area (Å²) in [6, 6.07) is -1.93. The molecule has 0 unspecified atom stereocenters. The first kappa shape index (κ1) is 15.0. The van der Waals surface area contributed by atoms with E-state index in [1.807, 2.05) is 0 Å².